The molecular weight excluding hydrogens is 447 g/mol. The van der Waals surface area contributed by atoms with Crippen molar-refractivity contribution in [2.75, 3.05) is 37.7 Å². The highest BCUT2D eigenvalue weighted by Crippen LogP contribution is 2.50. The van der Waals surface area contributed by atoms with Crippen molar-refractivity contribution in [1.82, 2.24) is 15.0 Å². The van der Waals surface area contributed by atoms with Gasteiger partial charge in [-0.15, -0.1) is 0 Å². The van der Waals surface area contributed by atoms with E-state index in [2.05, 4.69) is 28.9 Å². The van der Waals surface area contributed by atoms with Crippen molar-refractivity contribution in [2.45, 2.75) is 64.5 Å². The Hall–Kier alpha value is -2.64. The maximum Gasteiger partial charge on any atom is 0.324 e. The molecule has 190 valence electrons. The zero-order valence-electron chi connectivity index (χ0n) is 20.9. The Labute approximate surface area is 207 Å². The third kappa shape index (κ3) is 5.96. The quantitative estimate of drug-likeness (QED) is 0.517. The van der Waals surface area contributed by atoms with Crippen LogP contribution in [-0.4, -0.2) is 59.9 Å². The summed E-state index contributed by atoms with van der Waals surface area (Å²) >= 11 is 0. The summed E-state index contributed by atoms with van der Waals surface area (Å²) in [6.45, 7) is 7.63. The molecule has 1 aromatic carbocycles. The smallest absolute Gasteiger partial charge is 0.324 e. The van der Waals surface area contributed by atoms with Gasteiger partial charge in [0.1, 0.15) is 11.9 Å². The number of benzene rings is 1. The summed E-state index contributed by atoms with van der Waals surface area (Å²) in [7, 11) is 0. The fourth-order valence-electron chi connectivity index (χ4n) is 5.55. The number of hydrogen-bond acceptors (Lipinski definition) is 6. The Balaban J connectivity index is 0.990. The second-order valence-corrected chi connectivity index (χ2v) is 10.8. The lowest BCUT2D eigenvalue weighted by molar-refractivity contribution is -0.129. The molecule has 2 unspecified atom stereocenters. The van der Waals surface area contributed by atoms with Crippen LogP contribution in [0.2, 0.25) is 0 Å². The molecule has 1 amide bonds. The predicted octanol–water partition coefficient (Wildman–Crippen LogP) is 4.63. The van der Waals surface area contributed by atoms with Gasteiger partial charge in [-0.25, -0.2) is 4.39 Å². The van der Waals surface area contributed by atoms with Crippen molar-refractivity contribution in [3.8, 4) is 5.75 Å². The lowest BCUT2D eigenvalue weighted by Crippen LogP contribution is -2.34. The number of rotatable bonds is 9. The van der Waals surface area contributed by atoms with Crippen molar-refractivity contribution < 1.29 is 18.4 Å². The minimum Gasteiger partial charge on any atom is -0.494 e. The van der Waals surface area contributed by atoms with Crippen LogP contribution in [0.4, 0.5) is 10.4 Å². The maximum atomic E-state index is 13.3. The van der Waals surface area contributed by atoms with E-state index in [0.29, 0.717) is 25.4 Å². The van der Waals surface area contributed by atoms with Crippen LogP contribution in [-0.2, 0) is 11.2 Å². The van der Waals surface area contributed by atoms with Gasteiger partial charge in [0.15, 0.2) is 5.82 Å². The van der Waals surface area contributed by atoms with Crippen molar-refractivity contribution >= 4 is 11.9 Å². The molecule has 1 saturated carbocycles. The zero-order valence-corrected chi connectivity index (χ0v) is 20.9. The molecule has 3 heterocycles. The fourth-order valence-corrected chi connectivity index (χ4v) is 5.55. The van der Waals surface area contributed by atoms with Gasteiger partial charge in [0.2, 0.25) is 5.91 Å². The highest BCUT2D eigenvalue weighted by Gasteiger charge is 2.43. The zero-order chi connectivity index (χ0) is 24.4. The van der Waals surface area contributed by atoms with Crippen LogP contribution in [0.15, 0.2) is 28.8 Å². The average Bonchev–Trinajstić information content (AvgIpc) is 3.23. The lowest BCUT2D eigenvalue weighted by Gasteiger charge is -2.30. The SMILES string of the molecule is CC(C)c1noc(N2CCC(C3CC3CCOc3ccc(CC(=O)N4CC[C@@H](F)C4)cc3)CC2)n1. The van der Waals surface area contributed by atoms with Gasteiger partial charge >= 0.3 is 6.01 Å². The standard InChI is InChI=1S/C27H37FN4O3/c1-18(2)26-29-27(35-30-26)31-11-7-20(8-12-31)24-16-21(24)10-14-34-23-5-3-19(4-6-23)15-25(33)32-13-9-22(28)17-32/h3-6,18,20-22,24H,7-17H2,1-2H3/t21?,22-,24?/m1/s1. The second kappa shape index (κ2) is 10.5. The third-order valence-corrected chi connectivity index (χ3v) is 7.86. The average molecular weight is 485 g/mol. The summed E-state index contributed by atoms with van der Waals surface area (Å²) in [6.07, 6.45) is 4.67. The van der Waals surface area contributed by atoms with Crippen molar-refractivity contribution in [1.29, 1.82) is 0 Å². The van der Waals surface area contributed by atoms with Crippen LogP contribution in [0.25, 0.3) is 0 Å². The van der Waals surface area contributed by atoms with Gasteiger partial charge < -0.3 is 19.1 Å². The molecule has 1 aromatic heterocycles. The molecule has 5 rings (SSSR count). The number of aromatic nitrogens is 2. The first kappa shape index (κ1) is 24.1. The lowest BCUT2D eigenvalue weighted by atomic mass is 9.90. The number of halogens is 1. The number of carbonyl (C=O) groups is 1. The Kier molecular flexibility index (Phi) is 7.25. The molecule has 0 radical (unpaired) electrons. The summed E-state index contributed by atoms with van der Waals surface area (Å²) in [5.41, 5.74) is 0.944. The van der Waals surface area contributed by atoms with Crippen LogP contribution in [0.3, 0.4) is 0 Å². The fraction of sp³-hybridized carbons (Fsp3) is 0.667. The van der Waals surface area contributed by atoms with E-state index in [0.717, 1.165) is 61.0 Å². The summed E-state index contributed by atoms with van der Waals surface area (Å²) in [6, 6.07) is 8.43. The first-order valence-electron chi connectivity index (χ1n) is 13.2. The predicted molar refractivity (Wildman–Crippen MR) is 131 cm³/mol. The molecule has 2 aliphatic heterocycles. The Bertz CT molecular complexity index is 987. The monoisotopic (exact) mass is 484 g/mol. The van der Waals surface area contributed by atoms with Gasteiger partial charge in [0.25, 0.3) is 0 Å². The van der Waals surface area contributed by atoms with Gasteiger partial charge in [-0.3, -0.25) is 4.79 Å². The van der Waals surface area contributed by atoms with E-state index >= 15 is 0 Å². The molecule has 3 atom stereocenters. The summed E-state index contributed by atoms with van der Waals surface area (Å²) in [4.78, 5) is 20.7. The largest absolute Gasteiger partial charge is 0.494 e. The highest BCUT2D eigenvalue weighted by molar-refractivity contribution is 5.79. The number of likely N-dealkylation sites (tertiary alicyclic amines) is 1. The van der Waals surface area contributed by atoms with E-state index in [4.69, 9.17) is 9.26 Å². The molecule has 3 fully saturated rings. The number of piperidine rings is 1. The molecule has 0 N–H and O–H groups in total. The number of alkyl halides is 1. The number of nitrogens with zero attached hydrogens (tertiary/aromatic N) is 4. The molecule has 2 aromatic rings. The van der Waals surface area contributed by atoms with E-state index in [1.165, 1.54) is 19.3 Å². The molecule has 2 saturated heterocycles. The molecular formula is C27H37FN4O3. The van der Waals surface area contributed by atoms with Crippen LogP contribution in [0, 0.1) is 17.8 Å². The Morgan fingerprint density at radius 2 is 1.94 bits per heavy atom. The highest BCUT2D eigenvalue weighted by atomic mass is 19.1. The van der Waals surface area contributed by atoms with Gasteiger partial charge in [-0.2, -0.15) is 4.98 Å². The molecule has 7 nitrogen and oxygen atoms in total. The maximum absolute atomic E-state index is 13.3. The first-order valence-corrected chi connectivity index (χ1v) is 13.2. The Morgan fingerprint density at radius 1 is 1.17 bits per heavy atom. The topological polar surface area (TPSA) is 71.7 Å². The number of ether oxygens (including phenoxy) is 1. The van der Waals surface area contributed by atoms with E-state index < -0.39 is 6.17 Å². The third-order valence-electron chi connectivity index (χ3n) is 7.86. The van der Waals surface area contributed by atoms with E-state index in [-0.39, 0.29) is 18.4 Å². The van der Waals surface area contributed by atoms with Gasteiger partial charge in [0.05, 0.1) is 19.6 Å². The Morgan fingerprint density at radius 3 is 2.60 bits per heavy atom. The number of anilines is 1. The van der Waals surface area contributed by atoms with Gasteiger partial charge in [-0.1, -0.05) is 31.1 Å². The molecule has 1 aliphatic carbocycles. The van der Waals surface area contributed by atoms with Gasteiger partial charge in [0, 0.05) is 25.6 Å². The number of hydrogen-bond donors (Lipinski definition) is 0. The summed E-state index contributed by atoms with van der Waals surface area (Å²) in [5, 5.41) is 4.09. The summed E-state index contributed by atoms with van der Waals surface area (Å²) in [5.74, 6) is 4.28. The summed E-state index contributed by atoms with van der Waals surface area (Å²) < 4.78 is 24.8. The molecule has 0 spiro atoms. The van der Waals surface area contributed by atoms with E-state index in [9.17, 15) is 9.18 Å². The first-order chi connectivity index (χ1) is 17.0. The van der Waals surface area contributed by atoms with Crippen LogP contribution >= 0.6 is 0 Å². The van der Waals surface area contributed by atoms with Crippen LogP contribution in [0.5, 0.6) is 5.75 Å². The molecule has 8 heteroatoms. The van der Waals surface area contributed by atoms with Crippen LogP contribution < -0.4 is 9.64 Å². The van der Waals surface area contributed by atoms with Crippen LogP contribution in [0.1, 0.15) is 63.3 Å². The minimum absolute atomic E-state index is 0.00169. The van der Waals surface area contributed by atoms with Crippen molar-refractivity contribution in [3.05, 3.63) is 35.7 Å². The van der Waals surface area contributed by atoms with E-state index in [1.54, 1.807) is 4.90 Å². The number of amides is 1. The normalized spacial score (nSPS) is 24.9. The minimum atomic E-state index is -0.872. The number of carbonyl (C=O) groups excluding carboxylic acids is 1. The van der Waals surface area contributed by atoms with E-state index in [1.807, 2.05) is 24.3 Å². The molecule has 0 bridgehead atoms. The van der Waals surface area contributed by atoms with Gasteiger partial charge in [-0.05, 0) is 67.6 Å². The van der Waals surface area contributed by atoms with Crippen molar-refractivity contribution in [3.63, 3.8) is 0 Å². The molecule has 3 aliphatic rings. The van der Waals surface area contributed by atoms with Crippen molar-refractivity contribution in [2.24, 2.45) is 17.8 Å². The second-order valence-electron chi connectivity index (χ2n) is 10.8. The molecule has 35 heavy (non-hydrogen) atoms.